The number of hydrogen-bond acceptors (Lipinski definition) is 8. The van der Waals surface area contributed by atoms with Gasteiger partial charge in [0.2, 0.25) is 0 Å². The summed E-state index contributed by atoms with van der Waals surface area (Å²) in [5.74, 6) is 0.768. The van der Waals surface area contributed by atoms with Gasteiger partial charge in [-0.1, -0.05) is 12.1 Å². The van der Waals surface area contributed by atoms with Gasteiger partial charge in [-0.2, -0.15) is 8.42 Å². The first-order valence-electron chi connectivity index (χ1n) is 8.67. The van der Waals surface area contributed by atoms with E-state index in [0.29, 0.717) is 11.4 Å². The van der Waals surface area contributed by atoms with Crippen LogP contribution >= 0.6 is 0 Å². The molecule has 1 amide bonds. The van der Waals surface area contributed by atoms with Gasteiger partial charge >= 0.3 is 0 Å². The van der Waals surface area contributed by atoms with Gasteiger partial charge in [0.05, 0.1) is 27.1 Å². The molecule has 1 N–H and O–H groups in total. The monoisotopic (exact) mass is 424 g/mol. The summed E-state index contributed by atoms with van der Waals surface area (Å²) in [6.45, 7) is 0.111. The molecule has 158 valence electrons. The molecular weight excluding hydrogens is 400 g/mol. The van der Waals surface area contributed by atoms with Crippen LogP contribution in [-0.2, 0) is 27.3 Å². The molecule has 10 heteroatoms. The molecule has 9 nitrogen and oxygen atoms in total. The van der Waals surface area contributed by atoms with E-state index < -0.39 is 16.0 Å². The van der Waals surface area contributed by atoms with Gasteiger partial charge in [0.1, 0.15) is 12.4 Å². The number of methoxy groups -OCH3 is 2. The fourth-order valence-corrected chi connectivity index (χ4v) is 2.83. The van der Waals surface area contributed by atoms with Crippen molar-refractivity contribution in [3.63, 3.8) is 0 Å². The van der Waals surface area contributed by atoms with Crippen molar-refractivity contribution in [2.24, 2.45) is 0 Å². The summed E-state index contributed by atoms with van der Waals surface area (Å²) in [5.41, 5.74) is 1.35. The van der Waals surface area contributed by atoms with Crippen molar-refractivity contribution in [3.05, 3.63) is 47.3 Å². The van der Waals surface area contributed by atoms with Crippen molar-refractivity contribution in [2.45, 2.75) is 13.0 Å². The van der Waals surface area contributed by atoms with E-state index in [1.807, 2.05) is 24.3 Å². The molecule has 1 aromatic carbocycles. The van der Waals surface area contributed by atoms with Gasteiger partial charge in [-0.25, -0.2) is 4.98 Å². The van der Waals surface area contributed by atoms with Gasteiger partial charge in [0, 0.05) is 25.2 Å². The molecule has 0 atom stereocenters. The Morgan fingerprint density at radius 3 is 2.38 bits per heavy atom. The SMILES string of the molecule is CNC(=O)c1nc(CCOS(C)(=O)=O)cc(OCc2ccc(OC)cc2)c1OC. The van der Waals surface area contributed by atoms with E-state index in [-0.39, 0.29) is 31.1 Å². The van der Waals surface area contributed by atoms with Crippen LogP contribution in [0.1, 0.15) is 21.7 Å². The molecule has 1 heterocycles. The summed E-state index contributed by atoms with van der Waals surface area (Å²) >= 11 is 0. The standard InChI is InChI=1S/C19H24N2O7S/c1-20-19(22)17-18(26-3)16(11-14(21-17)9-10-28-29(4,23)24)27-12-13-5-7-15(25-2)8-6-13/h5-8,11H,9-10,12H2,1-4H3,(H,20,22). The van der Waals surface area contributed by atoms with Crippen LogP contribution in [0.2, 0.25) is 0 Å². The van der Waals surface area contributed by atoms with Gasteiger partial charge in [-0.15, -0.1) is 0 Å². The fraction of sp³-hybridized carbons (Fsp3) is 0.368. The Morgan fingerprint density at radius 2 is 1.83 bits per heavy atom. The van der Waals surface area contributed by atoms with Crippen LogP contribution in [-0.4, -0.2) is 53.4 Å². The smallest absolute Gasteiger partial charge is 0.273 e. The third kappa shape index (κ3) is 6.61. The third-order valence-electron chi connectivity index (χ3n) is 3.85. The van der Waals surface area contributed by atoms with Crippen LogP contribution in [0.3, 0.4) is 0 Å². The second kappa shape index (κ2) is 10.1. The quantitative estimate of drug-likeness (QED) is 0.572. The Morgan fingerprint density at radius 1 is 1.14 bits per heavy atom. The van der Waals surface area contributed by atoms with Crippen LogP contribution in [0.5, 0.6) is 17.2 Å². The van der Waals surface area contributed by atoms with Gasteiger partial charge in [0.25, 0.3) is 16.0 Å². The minimum atomic E-state index is -3.57. The van der Waals surface area contributed by atoms with Crippen molar-refractivity contribution in [2.75, 3.05) is 34.1 Å². The first-order chi connectivity index (χ1) is 13.8. The zero-order valence-corrected chi connectivity index (χ0v) is 17.5. The number of rotatable bonds is 10. The molecule has 0 aliphatic rings. The van der Waals surface area contributed by atoms with E-state index in [1.165, 1.54) is 14.2 Å². The van der Waals surface area contributed by atoms with E-state index in [2.05, 4.69) is 10.3 Å². The summed E-state index contributed by atoms with van der Waals surface area (Å²) in [4.78, 5) is 16.5. The molecule has 1 aromatic heterocycles. The van der Waals surface area contributed by atoms with E-state index in [9.17, 15) is 13.2 Å². The van der Waals surface area contributed by atoms with Crippen LogP contribution in [0.15, 0.2) is 30.3 Å². The van der Waals surface area contributed by atoms with Crippen LogP contribution in [0, 0.1) is 0 Å². The minimum Gasteiger partial charge on any atom is -0.497 e. The van der Waals surface area contributed by atoms with Crippen LogP contribution in [0.25, 0.3) is 0 Å². The highest BCUT2D eigenvalue weighted by Gasteiger charge is 2.20. The number of carbonyl (C=O) groups excluding carboxylic acids is 1. The van der Waals surface area contributed by atoms with Gasteiger partial charge in [0.15, 0.2) is 17.2 Å². The molecule has 0 unspecified atom stereocenters. The van der Waals surface area contributed by atoms with E-state index in [1.54, 1.807) is 13.2 Å². The first-order valence-corrected chi connectivity index (χ1v) is 10.5. The van der Waals surface area contributed by atoms with Crippen molar-refractivity contribution in [1.29, 1.82) is 0 Å². The number of amides is 1. The summed E-state index contributed by atoms with van der Waals surface area (Å²) in [6, 6.07) is 8.93. The Bertz CT molecular complexity index is 944. The van der Waals surface area contributed by atoms with Gasteiger partial charge in [-0.3, -0.25) is 8.98 Å². The molecule has 0 saturated carbocycles. The maximum absolute atomic E-state index is 12.2. The third-order valence-corrected chi connectivity index (χ3v) is 4.44. The molecule has 0 fully saturated rings. The first kappa shape index (κ1) is 22.4. The van der Waals surface area contributed by atoms with E-state index >= 15 is 0 Å². The van der Waals surface area contributed by atoms with Crippen LogP contribution in [0.4, 0.5) is 0 Å². The number of nitrogens with one attached hydrogen (secondary N) is 1. The lowest BCUT2D eigenvalue weighted by Crippen LogP contribution is -2.21. The molecule has 0 aliphatic heterocycles. The molecule has 0 spiro atoms. The number of pyridine rings is 1. The summed E-state index contributed by atoms with van der Waals surface area (Å²) in [7, 11) is 0.898. The predicted molar refractivity (Wildman–Crippen MR) is 106 cm³/mol. The minimum absolute atomic E-state index is 0.0385. The lowest BCUT2D eigenvalue weighted by molar-refractivity contribution is 0.0953. The fourth-order valence-electron chi connectivity index (χ4n) is 2.45. The van der Waals surface area contributed by atoms with Crippen molar-refractivity contribution in [3.8, 4) is 17.2 Å². The average Bonchev–Trinajstić information content (AvgIpc) is 2.70. The molecule has 2 aromatic rings. The molecule has 0 aliphatic carbocycles. The van der Waals surface area contributed by atoms with Crippen molar-refractivity contribution < 1.29 is 31.6 Å². The van der Waals surface area contributed by atoms with E-state index in [0.717, 1.165) is 17.6 Å². The van der Waals surface area contributed by atoms with Gasteiger partial charge in [-0.05, 0) is 17.7 Å². The normalized spacial score (nSPS) is 11.0. The lowest BCUT2D eigenvalue weighted by Gasteiger charge is -2.15. The summed E-state index contributed by atoms with van der Waals surface area (Å²) in [6.07, 6.45) is 1.13. The number of hydrogen-bond donors (Lipinski definition) is 1. The number of carbonyl (C=O) groups is 1. The largest absolute Gasteiger partial charge is 0.497 e. The lowest BCUT2D eigenvalue weighted by atomic mass is 10.2. The molecule has 0 saturated heterocycles. The summed E-state index contributed by atoms with van der Waals surface area (Å²) < 4.78 is 43.4. The number of aromatic nitrogens is 1. The maximum Gasteiger partial charge on any atom is 0.273 e. The Hall–Kier alpha value is -2.85. The average molecular weight is 424 g/mol. The number of nitrogens with zero attached hydrogens (tertiary/aromatic N) is 1. The molecular formula is C19H24N2O7S. The maximum atomic E-state index is 12.2. The molecule has 0 radical (unpaired) electrons. The Balaban J connectivity index is 2.28. The molecule has 0 bridgehead atoms. The number of ether oxygens (including phenoxy) is 3. The van der Waals surface area contributed by atoms with Crippen molar-refractivity contribution in [1.82, 2.24) is 10.3 Å². The zero-order valence-electron chi connectivity index (χ0n) is 16.7. The van der Waals surface area contributed by atoms with Gasteiger partial charge < -0.3 is 19.5 Å². The summed E-state index contributed by atoms with van der Waals surface area (Å²) in [5, 5.41) is 2.50. The topological polar surface area (TPSA) is 113 Å². The highest BCUT2D eigenvalue weighted by atomic mass is 32.2. The highest BCUT2D eigenvalue weighted by Crippen LogP contribution is 2.32. The predicted octanol–water partition coefficient (Wildman–Crippen LogP) is 1.56. The van der Waals surface area contributed by atoms with Crippen molar-refractivity contribution >= 4 is 16.0 Å². The van der Waals surface area contributed by atoms with Crippen LogP contribution < -0.4 is 19.5 Å². The number of benzene rings is 1. The second-order valence-corrected chi connectivity index (χ2v) is 7.63. The molecule has 29 heavy (non-hydrogen) atoms. The highest BCUT2D eigenvalue weighted by molar-refractivity contribution is 7.85. The Labute approximate surface area is 170 Å². The Kier molecular flexibility index (Phi) is 7.80. The second-order valence-electron chi connectivity index (χ2n) is 5.99. The van der Waals surface area contributed by atoms with E-state index in [4.69, 9.17) is 18.4 Å². The zero-order chi connectivity index (χ0) is 21.4. The molecule has 2 rings (SSSR count).